The zero-order valence-electron chi connectivity index (χ0n) is 6.88. The molecule has 1 aromatic rings. The Kier molecular flexibility index (Phi) is 2.17. The zero-order valence-corrected chi connectivity index (χ0v) is 8.39. The standard InChI is InChI=1S/C10H4Cl2O2/c11-7-3-5-1-2-9(13)10(14)6(5)4-8(7)12/h1-4H. The topological polar surface area (TPSA) is 34.1 Å². The van der Waals surface area contributed by atoms with E-state index in [4.69, 9.17) is 23.2 Å². The first-order valence-corrected chi connectivity index (χ1v) is 4.61. The molecule has 0 amide bonds. The van der Waals surface area contributed by atoms with E-state index in [0.29, 0.717) is 16.1 Å². The normalized spacial score (nSPS) is 14.4. The molecule has 4 heteroatoms. The summed E-state index contributed by atoms with van der Waals surface area (Å²) in [6.45, 7) is 0. The van der Waals surface area contributed by atoms with Gasteiger partial charge in [0.25, 0.3) is 0 Å². The van der Waals surface area contributed by atoms with E-state index < -0.39 is 11.6 Å². The molecular weight excluding hydrogens is 223 g/mol. The average Bonchev–Trinajstić information content (AvgIpc) is 2.15. The van der Waals surface area contributed by atoms with Gasteiger partial charge in [0.1, 0.15) is 0 Å². The van der Waals surface area contributed by atoms with Gasteiger partial charge in [-0.1, -0.05) is 29.3 Å². The molecule has 0 bridgehead atoms. The van der Waals surface area contributed by atoms with Crippen LogP contribution in [0.25, 0.3) is 6.08 Å². The second kappa shape index (κ2) is 3.23. The van der Waals surface area contributed by atoms with Crippen molar-refractivity contribution in [2.75, 3.05) is 0 Å². The molecule has 0 atom stereocenters. The van der Waals surface area contributed by atoms with Gasteiger partial charge in [-0.2, -0.15) is 0 Å². The van der Waals surface area contributed by atoms with Crippen LogP contribution in [-0.4, -0.2) is 11.6 Å². The number of benzene rings is 1. The summed E-state index contributed by atoms with van der Waals surface area (Å²) in [6.07, 6.45) is 2.79. The molecule has 0 saturated heterocycles. The lowest BCUT2D eigenvalue weighted by Crippen LogP contribution is -2.16. The number of carbonyl (C=O) groups excluding carboxylic acids is 2. The zero-order chi connectivity index (χ0) is 10.3. The molecule has 0 fully saturated rings. The van der Waals surface area contributed by atoms with Crippen LogP contribution in [0.3, 0.4) is 0 Å². The lowest BCUT2D eigenvalue weighted by Gasteiger charge is -2.09. The molecule has 0 heterocycles. The molecule has 0 unspecified atom stereocenters. The predicted molar refractivity (Wildman–Crippen MR) is 54.8 cm³/mol. The van der Waals surface area contributed by atoms with E-state index in [2.05, 4.69) is 0 Å². The van der Waals surface area contributed by atoms with Crippen molar-refractivity contribution in [2.24, 2.45) is 0 Å². The van der Waals surface area contributed by atoms with Crippen LogP contribution < -0.4 is 0 Å². The number of hydrogen-bond acceptors (Lipinski definition) is 2. The fraction of sp³-hybridized carbons (Fsp3) is 0. The van der Waals surface area contributed by atoms with Crippen LogP contribution >= 0.6 is 23.2 Å². The van der Waals surface area contributed by atoms with Gasteiger partial charge in [0, 0.05) is 5.56 Å². The van der Waals surface area contributed by atoms with Gasteiger partial charge in [0.05, 0.1) is 10.0 Å². The molecule has 0 radical (unpaired) electrons. The smallest absolute Gasteiger partial charge is 0.233 e. The van der Waals surface area contributed by atoms with Crippen molar-refractivity contribution >= 4 is 40.8 Å². The molecule has 1 aromatic carbocycles. The molecule has 14 heavy (non-hydrogen) atoms. The van der Waals surface area contributed by atoms with Crippen LogP contribution in [0.5, 0.6) is 0 Å². The minimum atomic E-state index is -0.541. The van der Waals surface area contributed by atoms with Gasteiger partial charge in [-0.3, -0.25) is 9.59 Å². The van der Waals surface area contributed by atoms with E-state index in [9.17, 15) is 9.59 Å². The summed E-state index contributed by atoms with van der Waals surface area (Å²) in [5.74, 6) is -1.07. The van der Waals surface area contributed by atoms with E-state index in [-0.39, 0.29) is 5.02 Å². The molecule has 0 spiro atoms. The SMILES string of the molecule is O=C1C=Cc2cc(Cl)c(Cl)cc2C1=O. The van der Waals surface area contributed by atoms with Gasteiger partial charge in [-0.25, -0.2) is 0 Å². The maximum atomic E-state index is 11.4. The maximum absolute atomic E-state index is 11.4. The summed E-state index contributed by atoms with van der Waals surface area (Å²) in [7, 11) is 0. The summed E-state index contributed by atoms with van der Waals surface area (Å²) in [6, 6.07) is 2.99. The number of ketones is 2. The van der Waals surface area contributed by atoms with Gasteiger partial charge in [-0.05, 0) is 23.8 Å². The average molecular weight is 227 g/mol. The number of hydrogen-bond donors (Lipinski definition) is 0. The first-order chi connectivity index (χ1) is 6.59. The summed E-state index contributed by atoms with van der Waals surface area (Å²) >= 11 is 11.5. The van der Waals surface area contributed by atoms with Crippen LogP contribution in [0.4, 0.5) is 0 Å². The minimum Gasteiger partial charge on any atom is -0.286 e. The summed E-state index contributed by atoms with van der Waals surface area (Å²) in [5, 5.41) is 0.652. The monoisotopic (exact) mass is 226 g/mol. The van der Waals surface area contributed by atoms with Gasteiger partial charge in [0.2, 0.25) is 11.6 Å². The molecule has 0 saturated carbocycles. The number of Topliss-reactive ketones (excluding diaryl/α,β-unsaturated/α-hetero) is 1. The van der Waals surface area contributed by atoms with Crippen molar-refractivity contribution in [3.8, 4) is 0 Å². The van der Waals surface area contributed by atoms with E-state index >= 15 is 0 Å². The van der Waals surface area contributed by atoms with Crippen LogP contribution in [0.1, 0.15) is 15.9 Å². The van der Waals surface area contributed by atoms with Crippen LogP contribution in [-0.2, 0) is 4.79 Å². The molecule has 0 aliphatic heterocycles. The minimum absolute atomic E-state index is 0.280. The highest BCUT2D eigenvalue weighted by atomic mass is 35.5. The fourth-order valence-electron chi connectivity index (χ4n) is 1.27. The Balaban J connectivity index is 2.70. The third-order valence-corrected chi connectivity index (χ3v) is 2.70. The van der Waals surface area contributed by atoms with Gasteiger partial charge in [0.15, 0.2) is 0 Å². The fourth-order valence-corrected chi connectivity index (χ4v) is 1.61. The molecule has 0 N–H and O–H groups in total. The summed E-state index contributed by atoms with van der Waals surface area (Å²) in [4.78, 5) is 22.4. The molecule has 2 rings (SSSR count). The Hall–Kier alpha value is -1.12. The van der Waals surface area contributed by atoms with Crippen molar-refractivity contribution in [1.29, 1.82) is 0 Å². The Morgan fingerprint density at radius 3 is 2.29 bits per heavy atom. The van der Waals surface area contributed by atoms with E-state index in [1.165, 1.54) is 12.1 Å². The Labute approximate surface area is 90.1 Å². The summed E-state index contributed by atoms with van der Waals surface area (Å²) in [5.41, 5.74) is 0.941. The number of halogens is 2. The van der Waals surface area contributed by atoms with Gasteiger partial charge in [-0.15, -0.1) is 0 Å². The molecule has 0 aromatic heterocycles. The first kappa shape index (κ1) is 9.44. The number of rotatable bonds is 0. The predicted octanol–water partition coefficient (Wildman–Crippen LogP) is 2.77. The van der Waals surface area contributed by atoms with Crippen molar-refractivity contribution in [3.63, 3.8) is 0 Å². The number of carbonyl (C=O) groups is 2. The van der Waals surface area contributed by atoms with Crippen LogP contribution in [0, 0.1) is 0 Å². The molecule has 2 nitrogen and oxygen atoms in total. The van der Waals surface area contributed by atoms with E-state index in [0.717, 1.165) is 0 Å². The van der Waals surface area contributed by atoms with Crippen LogP contribution in [0.2, 0.25) is 10.0 Å². The van der Waals surface area contributed by atoms with Crippen molar-refractivity contribution in [3.05, 3.63) is 39.4 Å². The molecule has 70 valence electrons. The van der Waals surface area contributed by atoms with Crippen molar-refractivity contribution in [2.45, 2.75) is 0 Å². The van der Waals surface area contributed by atoms with Crippen LogP contribution in [0.15, 0.2) is 18.2 Å². The highest BCUT2D eigenvalue weighted by molar-refractivity contribution is 6.51. The Bertz CT molecular complexity index is 475. The third kappa shape index (κ3) is 1.37. The van der Waals surface area contributed by atoms with Crippen molar-refractivity contribution in [1.82, 2.24) is 0 Å². The highest BCUT2D eigenvalue weighted by Gasteiger charge is 2.21. The maximum Gasteiger partial charge on any atom is 0.233 e. The highest BCUT2D eigenvalue weighted by Crippen LogP contribution is 2.28. The largest absolute Gasteiger partial charge is 0.286 e. The molecular formula is C10H4Cl2O2. The Morgan fingerprint density at radius 2 is 1.57 bits per heavy atom. The second-order valence-electron chi connectivity index (χ2n) is 2.88. The second-order valence-corrected chi connectivity index (χ2v) is 3.69. The number of allylic oxidation sites excluding steroid dienone is 1. The Morgan fingerprint density at radius 1 is 0.929 bits per heavy atom. The third-order valence-electron chi connectivity index (χ3n) is 1.98. The number of fused-ring (bicyclic) bond motifs is 1. The van der Waals surface area contributed by atoms with E-state index in [1.807, 2.05) is 0 Å². The van der Waals surface area contributed by atoms with Crippen molar-refractivity contribution < 1.29 is 9.59 Å². The lowest BCUT2D eigenvalue weighted by molar-refractivity contribution is -0.110. The molecule has 1 aliphatic carbocycles. The first-order valence-electron chi connectivity index (χ1n) is 3.85. The lowest BCUT2D eigenvalue weighted by atomic mass is 9.95. The molecule has 1 aliphatic rings. The van der Waals surface area contributed by atoms with Gasteiger partial charge >= 0.3 is 0 Å². The van der Waals surface area contributed by atoms with Gasteiger partial charge < -0.3 is 0 Å². The van der Waals surface area contributed by atoms with E-state index in [1.54, 1.807) is 12.1 Å². The quantitative estimate of drug-likeness (QED) is 0.638. The summed E-state index contributed by atoms with van der Waals surface area (Å²) < 4.78 is 0.